The third kappa shape index (κ3) is 2.55. The molecule has 2 aromatic rings. The van der Waals surface area contributed by atoms with Crippen LogP contribution in [-0.2, 0) is 13.0 Å². The molecule has 1 unspecified atom stereocenters. The van der Waals surface area contributed by atoms with Crippen LogP contribution in [0.5, 0.6) is 0 Å². The molecule has 0 aliphatic carbocycles. The van der Waals surface area contributed by atoms with Gasteiger partial charge in [0.05, 0.1) is 6.54 Å². The third-order valence-corrected chi connectivity index (χ3v) is 2.87. The lowest BCUT2D eigenvalue weighted by molar-refractivity contribution is 0.375. The minimum atomic E-state index is 0.308. The molecule has 0 bridgehead atoms. The summed E-state index contributed by atoms with van der Waals surface area (Å²) in [5.74, 6) is 1.41. The lowest BCUT2D eigenvalue weighted by Gasteiger charge is -2.13. The molecule has 2 heterocycles. The van der Waals surface area contributed by atoms with E-state index >= 15 is 0 Å². The smallest absolute Gasteiger partial charge is 0.226 e. The van der Waals surface area contributed by atoms with Crippen molar-refractivity contribution in [3.05, 3.63) is 35.7 Å². The molecule has 1 atom stereocenters. The van der Waals surface area contributed by atoms with E-state index in [1.165, 1.54) is 5.69 Å². The van der Waals surface area contributed by atoms with Crippen LogP contribution >= 0.6 is 0 Å². The Hall–Kier alpha value is -1.62. The van der Waals surface area contributed by atoms with Crippen molar-refractivity contribution in [2.24, 2.45) is 0 Å². The predicted octanol–water partition coefficient (Wildman–Crippen LogP) is 1.76. The van der Waals surface area contributed by atoms with E-state index in [9.17, 15) is 0 Å². The summed E-state index contributed by atoms with van der Waals surface area (Å²) >= 11 is 0. The molecule has 0 aliphatic heterocycles. The largest absolute Gasteiger partial charge is 0.342 e. The minimum absolute atomic E-state index is 0.308. The van der Waals surface area contributed by atoms with Crippen molar-refractivity contribution < 1.29 is 4.52 Å². The van der Waals surface area contributed by atoms with E-state index < -0.39 is 0 Å². The molecule has 0 fully saturated rings. The lowest BCUT2D eigenvalue weighted by Crippen LogP contribution is -2.17. The Kier molecular flexibility index (Phi) is 3.58. The predicted molar refractivity (Wildman–Crippen MR) is 64.7 cm³/mol. The molecule has 0 spiro atoms. The van der Waals surface area contributed by atoms with Crippen molar-refractivity contribution >= 4 is 0 Å². The van der Waals surface area contributed by atoms with Crippen LogP contribution in [0.25, 0.3) is 0 Å². The van der Waals surface area contributed by atoms with Crippen LogP contribution in [0, 0.1) is 0 Å². The van der Waals surface area contributed by atoms with Crippen LogP contribution < -0.4 is 5.32 Å². The van der Waals surface area contributed by atoms with Crippen molar-refractivity contribution in [3.8, 4) is 0 Å². The van der Waals surface area contributed by atoms with Crippen molar-refractivity contribution in [2.45, 2.75) is 32.9 Å². The average Bonchev–Trinajstić information content (AvgIpc) is 2.97. The van der Waals surface area contributed by atoms with Gasteiger partial charge in [-0.15, -0.1) is 0 Å². The van der Waals surface area contributed by atoms with E-state index in [4.69, 9.17) is 4.52 Å². The molecule has 0 aromatic carbocycles. The Balaban J connectivity index is 2.15. The summed E-state index contributed by atoms with van der Waals surface area (Å²) in [6, 6.07) is 4.44. The highest BCUT2D eigenvalue weighted by Crippen LogP contribution is 2.14. The SMILES string of the molecule is CCc1nc(Cn2cccc2C(C)NC)no1. The van der Waals surface area contributed by atoms with Gasteiger partial charge in [-0.05, 0) is 26.1 Å². The number of nitrogens with zero attached hydrogens (tertiary/aromatic N) is 3. The normalized spacial score (nSPS) is 12.9. The summed E-state index contributed by atoms with van der Waals surface area (Å²) < 4.78 is 7.23. The van der Waals surface area contributed by atoms with E-state index in [1.807, 2.05) is 26.2 Å². The van der Waals surface area contributed by atoms with Gasteiger partial charge in [0.15, 0.2) is 5.82 Å². The average molecular weight is 234 g/mol. The fraction of sp³-hybridized carbons (Fsp3) is 0.500. The van der Waals surface area contributed by atoms with Crippen LogP contribution in [0.1, 0.15) is 37.3 Å². The number of hydrogen-bond acceptors (Lipinski definition) is 4. The first-order chi connectivity index (χ1) is 8.24. The van der Waals surface area contributed by atoms with Crippen molar-refractivity contribution in [3.63, 3.8) is 0 Å². The van der Waals surface area contributed by atoms with E-state index in [0.29, 0.717) is 18.5 Å². The first-order valence-corrected chi connectivity index (χ1v) is 5.88. The van der Waals surface area contributed by atoms with Gasteiger partial charge in [-0.3, -0.25) is 0 Å². The second kappa shape index (κ2) is 5.14. The molecule has 5 heteroatoms. The first-order valence-electron chi connectivity index (χ1n) is 5.88. The van der Waals surface area contributed by atoms with E-state index in [2.05, 4.69) is 33.0 Å². The molecule has 0 amide bonds. The third-order valence-electron chi connectivity index (χ3n) is 2.87. The Morgan fingerprint density at radius 2 is 2.35 bits per heavy atom. The zero-order chi connectivity index (χ0) is 12.3. The van der Waals surface area contributed by atoms with Gasteiger partial charge in [0.25, 0.3) is 0 Å². The monoisotopic (exact) mass is 234 g/mol. The van der Waals surface area contributed by atoms with Crippen LogP contribution in [-0.4, -0.2) is 21.8 Å². The standard InChI is InChI=1S/C12H18N4O/c1-4-12-14-11(15-17-12)8-16-7-5-6-10(16)9(2)13-3/h5-7,9,13H,4,8H2,1-3H3. The van der Waals surface area contributed by atoms with Crippen LogP contribution in [0.15, 0.2) is 22.9 Å². The second-order valence-electron chi connectivity index (χ2n) is 4.03. The van der Waals surface area contributed by atoms with Crippen LogP contribution in [0.2, 0.25) is 0 Å². The quantitative estimate of drug-likeness (QED) is 0.856. The van der Waals surface area contributed by atoms with E-state index in [1.54, 1.807) is 0 Å². The molecule has 2 aromatic heterocycles. The molecule has 0 aliphatic rings. The molecule has 92 valence electrons. The zero-order valence-electron chi connectivity index (χ0n) is 10.5. The highest BCUT2D eigenvalue weighted by molar-refractivity contribution is 5.12. The van der Waals surface area contributed by atoms with E-state index in [-0.39, 0.29) is 0 Å². The fourth-order valence-corrected chi connectivity index (χ4v) is 1.76. The molecule has 5 nitrogen and oxygen atoms in total. The number of aromatic nitrogens is 3. The number of nitrogens with one attached hydrogen (secondary N) is 1. The summed E-state index contributed by atoms with van der Waals surface area (Å²) in [6.45, 7) is 4.78. The maximum Gasteiger partial charge on any atom is 0.226 e. The zero-order valence-corrected chi connectivity index (χ0v) is 10.5. The number of aryl methyl sites for hydroxylation is 1. The number of hydrogen-bond donors (Lipinski definition) is 1. The fourth-order valence-electron chi connectivity index (χ4n) is 1.76. The van der Waals surface area contributed by atoms with Gasteiger partial charge in [0.1, 0.15) is 0 Å². The van der Waals surface area contributed by atoms with Crippen LogP contribution in [0.4, 0.5) is 0 Å². The molecular formula is C12H18N4O. The van der Waals surface area contributed by atoms with Crippen molar-refractivity contribution in [1.82, 2.24) is 20.0 Å². The Morgan fingerprint density at radius 1 is 1.53 bits per heavy atom. The Morgan fingerprint density at radius 3 is 3.00 bits per heavy atom. The van der Waals surface area contributed by atoms with Crippen molar-refractivity contribution in [1.29, 1.82) is 0 Å². The highest BCUT2D eigenvalue weighted by atomic mass is 16.5. The molecule has 0 saturated heterocycles. The van der Waals surface area contributed by atoms with E-state index in [0.717, 1.165) is 12.2 Å². The van der Waals surface area contributed by atoms with Gasteiger partial charge < -0.3 is 14.4 Å². The summed E-state index contributed by atoms with van der Waals surface area (Å²) in [5.41, 5.74) is 1.22. The van der Waals surface area contributed by atoms with Crippen LogP contribution in [0.3, 0.4) is 0 Å². The molecule has 17 heavy (non-hydrogen) atoms. The van der Waals surface area contributed by atoms with Gasteiger partial charge in [-0.25, -0.2) is 0 Å². The summed E-state index contributed by atoms with van der Waals surface area (Å²) in [6.07, 6.45) is 2.81. The molecule has 0 radical (unpaired) electrons. The summed E-state index contributed by atoms with van der Waals surface area (Å²) in [7, 11) is 1.95. The Labute approximate surface area is 101 Å². The summed E-state index contributed by atoms with van der Waals surface area (Å²) in [4.78, 5) is 4.31. The maximum absolute atomic E-state index is 5.10. The second-order valence-corrected chi connectivity index (χ2v) is 4.03. The lowest BCUT2D eigenvalue weighted by atomic mass is 10.2. The number of rotatable bonds is 5. The van der Waals surface area contributed by atoms with Gasteiger partial charge in [-0.1, -0.05) is 12.1 Å². The molecule has 1 N–H and O–H groups in total. The van der Waals surface area contributed by atoms with Gasteiger partial charge in [0.2, 0.25) is 5.89 Å². The molecular weight excluding hydrogens is 216 g/mol. The molecule has 2 rings (SSSR count). The highest BCUT2D eigenvalue weighted by Gasteiger charge is 2.10. The Bertz CT molecular complexity index is 474. The minimum Gasteiger partial charge on any atom is -0.342 e. The topological polar surface area (TPSA) is 55.9 Å². The van der Waals surface area contributed by atoms with Gasteiger partial charge in [-0.2, -0.15) is 4.98 Å². The van der Waals surface area contributed by atoms with Gasteiger partial charge in [0, 0.05) is 24.4 Å². The van der Waals surface area contributed by atoms with Gasteiger partial charge >= 0.3 is 0 Å². The maximum atomic E-state index is 5.10. The summed E-state index contributed by atoms with van der Waals surface area (Å²) in [5, 5.41) is 7.19. The van der Waals surface area contributed by atoms with Crippen molar-refractivity contribution in [2.75, 3.05) is 7.05 Å². The first kappa shape index (κ1) is 11.9. The molecule has 0 saturated carbocycles.